The summed E-state index contributed by atoms with van der Waals surface area (Å²) >= 11 is 0. The van der Waals surface area contributed by atoms with Gasteiger partial charge < -0.3 is 4.74 Å². The van der Waals surface area contributed by atoms with E-state index in [2.05, 4.69) is 13.8 Å². The van der Waals surface area contributed by atoms with Gasteiger partial charge in [0.05, 0.1) is 5.92 Å². The van der Waals surface area contributed by atoms with Crippen molar-refractivity contribution in [2.75, 3.05) is 13.7 Å². The zero-order valence-electron chi connectivity index (χ0n) is 9.29. The number of ether oxygens (including phenoxy) is 1. The van der Waals surface area contributed by atoms with Crippen molar-refractivity contribution < 1.29 is 14.3 Å². The lowest BCUT2D eigenvalue weighted by atomic mass is 9.94. The fourth-order valence-corrected chi connectivity index (χ4v) is 1.68. The topological polar surface area (TPSA) is 43.4 Å². The highest BCUT2D eigenvalue weighted by molar-refractivity contribution is 6.04. The molecular weight excluding hydrogens is 180 g/mol. The van der Waals surface area contributed by atoms with E-state index in [0.717, 1.165) is 6.42 Å². The molecule has 1 aliphatic rings. The summed E-state index contributed by atoms with van der Waals surface area (Å²) in [7, 11) is 1.47. The van der Waals surface area contributed by atoms with E-state index >= 15 is 0 Å². The monoisotopic (exact) mass is 198 g/mol. The van der Waals surface area contributed by atoms with Crippen LogP contribution in [-0.4, -0.2) is 25.3 Å². The van der Waals surface area contributed by atoms with Gasteiger partial charge in [-0.1, -0.05) is 13.8 Å². The van der Waals surface area contributed by atoms with Crippen LogP contribution in [0.4, 0.5) is 0 Å². The summed E-state index contributed by atoms with van der Waals surface area (Å²) in [6.45, 7) is 5.84. The smallest absolute Gasteiger partial charge is 0.168 e. The van der Waals surface area contributed by atoms with Gasteiger partial charge in [-0.25, -0.2) is 0 Å². The number of carbonyl (C=O) groups is 2. The van der Waals surface area contributed by atoms with Crippen LogP contribution in [-0.2, 0) is 14.3 Å². The lowest BCUT2D eigenvalue weighted by Gasteiger charge is -2.09. The Bertz CT molecular complexity index is 255. The van der Waals surface area contributed by atoms with E-state index in [1.54, 1.807) is 6.92 Å². The molecule has 3 heteroatoms. The van der Waals surface area contributed by atoms with Gasteiger partial charge in [-0.15, -0.1) is 0 Å². The second kappa shape index (κ2) is 3.81. The molecule has 14 heavy (non-hydrogen) atoms. The molecule has 0 aromatic heterocycles. The predicted molar refractivity (Wildman–Crippen MR) is 52.9 cm³/mol. The Labute approximate surface area is 84.8 Å². The van der Waals surface area contributed by atoms with Crippen molar-refractivity contribution in [2.24, 2.45) is 17.3 Å². The van der Waals surface area contributed by atoms with E-state index in [9.17, 15) is 9.59 Å². The number of carbonyl (C=O) groups excluding carboxylic acids is 2. The Morgan fingerprint density at radius 3 is 2.36 bits per heavy atom. The van der Waals surface area contributed by atoms with Gasteiger partial charge in [0.1, 0.15) is 12.4 Å². The maximum absolute atomic E-state index is 11.8. The first-order valence-electron chi connectivity index (χ1n) is 4.95. The Kier molecular flexibility index (Phi) is 3.10. The number of methoxy groups -OCH3 is 1. The molecule has 0 amide bonds. The number of hydrogen-bond donors (Lipinski definition) is 0. The van der Waals surface area contributed by atoms with Crippen molar-refractivity contribution in [1.82, 2.24) is 0 Å². The molecule has 0 aliphatic heterocycles. The molecule has 1 fully saturated rings. The van der Waals surface area contributed by atoms with Gasteiger partial charge in [0, 0.05) is 13.0 Å². The standard InChI is InChI=1S/C11H18O3/c1-7(9(12)6-14-4)10(13)8-5-11(8,2)3/h7-8H,5-6H2,1-4H3. The maximum atomic E-state index is 11.8. The summed E-state index contributed by atoms with van der Waals surface area (Å²) in [5.41, 5.74) is 0.110. The summed E-state index contributed by atoms with van der Waals surface area (Å²) < 4.78 is 4.73. The van der Waals surface area contributed by atoms with Crippen LogP contribution in [0.5, 0.6) is 0 Å². The molecule has 1 saturated carbocycles. The van der Waals surface area contributed by atoms with Crippen molar-refractivity contribution in [1.29, 1.82) is 0 Å². The van der Waals surface area contributed by atoms with Crippen LogP contribution in [0.3, 0.4) is 0 Å². The lowest BCUT2D eigenvalue weighted by Crippen LogP contribution is -2.26. The Morgan fingerprint density at radius 2 is 2.00 bits per heavy atom. The molecule has 80 valence electrons. The first-order chi connectivity index (χ1) is 6.40. The van der Waals surface area contributed by atoms with Crippen LogP contribution in [0.1, 0.15) is 27.2 Å². The summed E-state index contributed by atoms with van der Waals surface area (Å²) in [5.74, 6) is -0.447. The molecule has 0 aromatic carbocycles. The minimum atomic E-state index is -0.498. The van der Waals surface area contributed by atoms with Crippen molar-refractivity contribution in [3.63, 3.8) is 0 Å². The van der Waals surface area contributed by atoms with Crippen LogP contribution in [0.2, 0.25) is 0 Å². The van der Waals surface area contributed by atoms with Crippen LogP contribution in [0.15, 0.2) is 0 Å². The Hall–Kier alpha value is -0.700. The Morgan fingerprint density at radius 1 is 1.50 bits per heavy atom. The van der Waals surface area contributed by atoms with Crippen molar-refractivity contribution in [2.45, 2.75) is 27.2 Å². The van der Waals surface area contributed by atoms with Gasteiger partial charge >= 0.3 is 0 Å². The van der Waals surface area contributed by atoms with Crippen LogP contribution < -0.4 is 0 Å². The first kappa shape index (κ1) is 11.4. The van der Waals surface area contributed by atoms with Crippen molar-refractivity contribution in [3.8, 4) is 0 Å². The van der Waals surface area contributed by atoms with Gasteiger partial charge in [-0.3, -0.25) is 9.59 Å². The first-order valence-corrected chi connectivity index (χ1v) is 4.95. The van der Waals surface area contributed by atoms with E-state index in [1.807, 2.05) is 0 Å². The fraction of sp³-hybridized carbons (Fsp3) is 0.818. The molecule has 0 heterocycles. The second-order valence-electron chi connectivity index (χ2n) is 4.77. The number of hydrogen-bond acceptors (Lipinski definition) is 3. The molecule has 0 spiro atoms. The Balaban J connectivity index is 2.50. The average Bonchev–Trinajstić information content (AvgIpc) is 2.73. The predicted octanol–water partition coefficient (Wildman–Crippen LogP) is 1.45. The zero-order valence-corrected chi connectivity index (χ0v) is 9.29. The van der Waals surface area contributed by atoms with Crippen molar-refractivity contribution >= 4 is 11.6 Å². The molecule has 0 saturated heterocycles. The van der Waals surface area contributed by atoms with Crippen molar-refractivity contribution in [3.05, 3.63) is 0 Å². The van der Waals surface area contributed by atoms with Gasteiger partial charge in [0.2, 0.25) is 0 Å². The molecule has 1 aliphatic carbocycles. The average molecular weight is 198 g/mol. The molecule has 2 unspecified atom stereocenters. The quantitative estimate of drug-likeness (QED) is 0.628. The SMILES string of the molecule is COCC(=O)C(C)C(=O)C1CC1(C)C. The molecule has 3 nitrogen and oxygen atoms in total. The third-order valence-corrected chi connectivity index (χ3v) is 3.05. The molecule has 0 aromatic rings. The zero-order chi connectivity index (χ0) is 10.9. The molecule has 1 rings (SSSR count). The lowest BCUT2D eigenvalue weighted by molar-refractivity contribution is -0.135. The normalized spacial score (nSPS) is 25.6. The van der Waals surface area contributed by atoms with Gasteiger partial charge in [0.15, 0.2) is 5.78 Å². The minimum Gasteiger partial charge on any atom is -0.377 e. The minimum absolute atomic E-state index is 0.0417. The van der Waals surface area contributed by atoms with Gasteiger partial charge in [-0.05, 0) is 18.8 Å². The van der Waals surface area contributed by atoms with E-state index in [-0.39, 0.29) is 29.5 Å². The van der Waals surface area contributed by atoms with Crippen LogP contribution >= 0.6 is 0 Å². The molecule has 0 N–H and O–H groups in total. The summed E-state index contributed by atoms with van der Waals surface area (Å²) in [6.07, 6.45) is 0.913. The summed E-state index contributed by atoms with van der Waals surface area (Å²) in [6, 6.07) is 0. The fourth-order valence-electron chi connectivity index (χ4n) is 1.68. The molecule has 0 radical (unpaired) electrons. The number of rotatable bonds is 5. The molecule has 0 bridgehead atoms. The number of ketones is 2. The highest BCUT2D eigenvalue weighted by Gasteiger charge is 2.51. The van der Waals surface area contributed by atoms with Gasteiger partial charge in [0.25, 0.3) is 0 Å². The summed E-state index contributed by atoms with van der Waals surface area (Å²) in [4.78, 5) is 23.1. The van der Waals surface area contributed by atoms with E-state index in [0.29, 0.717) is 0 Å². The maximum Gasteiger partial charge on any atom is 0.168 e. The van der Waals surface area contributed by atoms with E-state index in [1.165, 1.54) is 7.11 Å². The largest absolute Gasteiger partial charge is 0.377 e. The van der Waals surface area contributed by atoms with Crippen LogP contribution in [0, 0.1) is 17.3 Å². The van der Waals surface area contributed by atoms with E-state index < -0.39 is 5.92 Å². The molecule has 2 atom stereocenters. The third kappa shape index (κ3) is 2.21. The highest BCUT2D eigenvalue weighted by atomic mass is 16.5. The number of Topliss-reactive ketones (excluding diaryl/α,β-unsaturated/α-hetero) is 2. The highest BCUT2D eigenvalue weighted by Crippen LogP contribution is 2.53. The second-order valence-corrected chi connectivity index (χ2v) is 4.77. The third-order valence-electron chi connectivity index (χ3n) is 3.05. The molecular formula is C11H18O3. The van der Waals surface area contributed by atoms with Gasteiger partial charge in [-0.2, -0.15) is 0 Å². The summed E-state index contributed by atoms with van der Waals surface area (Å²) in [5, 5.41) is 0. The van der Waals surface area contributed by atoms with E-state index in [4.69, 9.17) is 4.74 Å². The van der Waals surface area contributed by atoms with Crippen LogP contribution in [0.25, 0.3) is 0 Å².